The third-order valence-electron chi connectivity index (χ3n) is 0.976. The average molecular weight is 194 g/mol. The van der Waals surface area contributed by atoms with Crippen molar-refractivity contribution >= 4 is 12.0 Å². The van der Waals surface area contributed by atoms with E-state index in [1.165, 1.54) is 12.1 Å². The Bertz CT molecular complexity index is 234. The van der Waals surface area contributed by atoms with Crippen molar-refractivity contribution in [2.24, 2.45) is 0 Å². The molecule has 0 unspecified atom stereocenters. The lowest BCUT2D eigenvalue weighted by Gasteiger charge is -2.04. The van der Waals surface area contributed by atoms with Crippen molar-refractivity contribution in [3.8, 4) is 0 Å². The third-order valence-corrected chi connectivity index (χ3v) is 1.71. The highest BCUT2D eigenvalue weighted by Crippen LogP contribution is 2.28. The van der Waals surface area contributed by atoms with E-state index >= 15 is 0 Å². The quantitative estimate of drug-likeness (QED) is 0.668. The van der Waals surface area contributed by atoms with E-state index in [0.717, 1.165) is 0 Å². The Kier molecular flexibility index (Phi) is 2.99. The second kappa shape index (κ2) is 3.82. The zero-order valence-corrected chi connectivity index (χ0v) is 6.65. The number of rotatable bonds is 2. The molecule has 0 bridgehead atoms. The van der Waals surface area contributed by atoms with Crippen LogP contribution in [-0.4, -0.2) is 6.36 Å². The number of hydrogen-bond acceptors (Lipinski definition) is 2. The summed E-state index contributed by atoms with van der Waals surface area (Å²) in [6.07, 6.45) is -4.58. The molecular formula is C7H5F3OS. The van der Waals surface area contributed by atoms with Crippen LogP contribution in [0, 0.1) is 0 Å². The summed E-state index contributed by atoms with van der Waals surface area (Å²) in [5.74, 6) is 0. The van der Waals surface area contributed by atoms with Gasteiger partial charge in [0.15, 0.2) is 0 Å². The third kappa shape index (κ3) is 3.64. The fourth-order valence-electron chi connectivity index (χ4n) is 0.571. The molecule has 0 aliphatic heterocycles. The molecule has 0 saturated carbocycles. The summed E-state index contributed by atoms with van der Waals surface area (Å²) >= 11 is 0.302. The Morgan fingerprint density at radius 1 is 1.08 bits per heavy atom. The molecule has 0 N–H and O–H groups in total. The normalized spacial score (nSPS) is 11.6. The van der Waals surface area contributed by atoms with Crippen LogP contribution in [0.3, 0.4) is 0 Å². The number of hydrogen-bond donors (Lipinski definition) is 0. The first-order valence-corrected chi connectivity index (χ1v) is 3.79. The van der Waals surface area contributed by atoms with Crippen LogP contribution in [0.25, 0.3) is 0 Å². The number of alkyl halides is 3. The Morgan fingerprint density at radius 3 is 2.17 bits per heavy atom. The fraction of sp³-hybridized carbons (Fsp3) is 0.143. The Hall–Kier alpha value is -0.680. The molecule has 0 heterocycles. The standard InChI is InChI=1S/C7H5F3OS/c8-7(9,10)11-12-6-4-2-1-3-5-6/h1-5H. The molecule has 0 spiro atoms. The van der Waals surface area contributed by atoms with Crippen LogP contribution in [0.4, 0.5) is 13.2 Å². The smallest absolute Gasteiger partial charge is 0.215 e. The molecule has 0 amide bonds. The highest BCUT2D eigenvalue weighted by atomic mass is 32.2. The van der Waals surface area contributed by atoms with Gasteiger partial charge in [-0.2, -0.15) is 0 Å². The van der Waals surface area contributed by atoms with Crippen molar-refractivity contribution in [1.82, 2.24) is 0 Å². The first-order chi connectivity index (χ1) is 5.58. The van der Waals surface area contributed by atoms with Crippen LogP contribution in [0.2, 0.25) is 0 Å². The second-order valence-corrected chi connectivity index (χ2v) is 2.73. The average Bonchev–Trinajstić information content (AvgIpc) is 2.02. The van der Waals surface area contributed by atoms with E-state index in [-0.39, 0.29) is 0 Å². The molecule has 0 aliphatic carbocycles. The van der Waals surface area contributed by atoms with Crippen molar-refractivity contribution in [2.45, 2.75) is 11.3 Å². The van der Waals surface area contributed by atoms with Gasteiger partial charge in [-0.3, -0.25) is 0 Å². The summed E-state index contributed by atoms with van der Waals surface area (Å²) in [5, 5.41) is 0. The topological polar surface area (TPSA) is 9.23 Å². The van der Waals surface area contributed by atoms with E-state index in [0.29, 0.717) is 16.9 Å². The maximum atomic E-state index is 11.5. The molecule has 12 heavy (non-hydrogen) atoms. The summed E-state index contributed by atoms with van der Waals surface area (Å²) < 4.78 is 38.0. The van der Waals surface area contributed by atoms with Crippen molar-refractivity contribution in [3.05, 3.63) is 30.3 Å². The molecule has 0 aromatic heterocycles. The lowest BCUT2D eigenvalue weighted by atomic mass is 10.4. The highest BCUT2D eigenvalue weighted by molar-refractivity contribution is 7.94. The van der Waals surface area contributed by atoms with Crippen molar-refractivity contribution in [2.75, 3.05) is 0 Å². The van der Waals surface area contributed by atoms with Gasteiger partial charge >= 0.3 is 6.36 Å². The molecule has 66 valence electrons. The van der Waals surface area contributed by atoms with Crippen LogP contribution in [-0.2, 0) is 4.18 Å². The largest absolute Gasteiger partial charge is 0.533 e. The molecule has 0 radical (unpaired) electrons. The second-order valence-electron chi connectivity index (χ2n) is 1.93. The van der Waals surface area contributed by atoms with E-state index in [2.05, 4.69) is 4.18 Å². The number of benzene rings is 1. The zero-order chi connectivity index (χ0) is 9.03. The Balaban J connectivity index is 2.44. The molecule has 0 aliphatic rings. The van der Waals surface area contributed by atoms with Gasteiger partial charge in [-0.1, -0.05) is 18.2 Å². The minimum atomic E-state index is -4.58. The van der Waals surface area contributed by atoms with Gasteiger partial charge in [-0.15, -0.1) is 13.2 Å². The van der Waals surface area contributed by atoms with E-state index in [1.807, 2.05) is 0 Å². The van der Waals surface area contributed by atoms with E-state index in [4.69, 9.17) is 0 Å². The lowest BCUT2D eigenvalue weighted by molar-refractivity contribution is -0.266. The van der Waals surface area contributed by atoms with Crippen LogP contribution in [0.1, 0.15) is 0 Å². The first kappa shape index (κ1) is 9.41. The van der Waals surface area contributed by atoms with E-state index in [1.54, 1.807) is 18.2 Å². The molecule has 0 fully saturated rings. The maximum Gasteiger partial charge on any atom is 0.533 e. The SMILES string of the molecule is FC(F)(F)OSc1ccccc1. The van der Waals surface area contributed by atoms with Crippen LogP contribution in [0.15, 0.2) is 35.2 Å². The monoisotopic (exact) mass is 194 g/mol. The minimum Gasteiger partial charge on any atom is -0.215 e. The molecule has 1 nitrogen and oxygen atoms in total. The van der Waals surface area contributed by atoms with Gasteiger partial charge < -0.3 is 0 Å². The molecule has 1 aromatic rings. The summed E-state index contributed by atoms with van der Waals surface area (Å²) in [6, 6.07) is 8.08. The molecule has 1 aromatic carbocycles. The molecule has 0 saturated heterocycles. The Morgan fingerprint density at radius 2 is 1.67 bits per heavy atom. The van der Waals surface area contributed by atoms with Gasteiger partial charge in [0.05, 0.1) is 0 Å². The minimum absolute atomic E-state index is 0.302. The van der Waals surface area contributed by atoms with Crippen LogP contribution < -0.4 is 0 Å². The van der Waals surface area contributed by atoms with Gasteiger partial charge in [0.25, 0.3) is 0 Å². The molecule has 0 atom stereocenters. The molecular weight excluding hydrogens is 189 g/mol. The molecule has 1 rings (SSSR count). The summed E-state index contributed by atoms with van der Waals surface area (Å²) in [5.41, 5.74) is 0. The van der Waals surface area contributed by atoms with Crippen LogP contribution in [0.5, 0.6) is 0 Å². The summed E-state index contributed by atoms with van der Waals surface area (Å²) in [6.45, 7) is 0. The van der Waals surface area contributed by atoms with Crippen molar-refractivity contribution in [1.29, 1.82) is 0 Å². The van der Waals surface area contributed by atoms with Crippen molar-refractivity contribution < 1.29 is 17.4 Å². The predicted molar refractivity (Wildman–Crippen MR) is 39.4 cm³/mol. The van der Waals surface area contributed by atoms with Gasteiger partial charge in [0.2, 0.25) is 0 Å². The van der Waals surface area contributed by atoms with E-state index < -0.39 is 6.36 Å². The first-order valence-electron chi connectivity index (χ1n) is 3.05. The number of halogens is 3. The maximum absolute atomic E-state index is 11.5. The van der Waals surface area contributed by atoms with Gasteiger partial charge in [-0.25, -0.2) is 4.18 Å². The summed E-state index contributed by atoms with van der Waals surface area (Å²) in [4.78, 5) is 0.426. The highest BCUT2D eigenvalue weighted by Gasteiger charge is 2.30. The van der Waals surface area contributed by atoms with E-state index in [9.17, 15) is 13.2 Å². The van der Waals surface area contributed by atoms with Gasteiger partial charge in [0.1, 0.15) is 0 Å². The Labute approximate surface area is 71.7 Å². The zero-order valence-electron chi connectivity index (χ0n) is 5.84. The fourth-order valence-corrected chi connectivity index (χ4v) is 1.03. The van der Waals surface area contributed by atoms with Crippen molar-refractivity contribution in [3.63, 3.8) is 0 Å². The predicted octanol–water partition coefficient (Wildman–Crippen LogP) is 3.23. The van der Waals surface area contributed by atoms with Gasteiger partial charge in [0, 0.05) is 16.9 Å². The molecule has 5 heteroatoms. The summed E-state index contributed by atoms with van der Waals surface area (Å²) in [7, 11) is 0. The van der Waals surface area contributed by atoms with Crippen LogP contribution >= 0.6 is 12.0 Å². The van der Waals surface area contributed by atoms with Gasteiger partial charge in [-0.05, 0) is 12.1 Å². The lowest BCUT2D eigenvalue weighted by Crippen LogP contribution is -2.07.